The van der Waals surface area contributed by atoms with Gasteiger partial charge in [-0.25, -0.2) is 0 Å². The van der Waals surface area contributed by atoms with Crippen LogP contribution in [0.5, 0.6) is 0 Å². The molecule has 1 N–H and O–H groups in total. The van der Waals surface area contributed by atoms with E-state index in [0.717, 1.165) is 5.56 Å². The van der Waals surface area contributed by atoms with Gasteiger partial charge in [0.2, 0.25) is 0 Å². The largest absolute Gasteiger partial charge is 0.351 e. The number of hydrogen-bond acceptors (Lipinski definition) is 2. The summed E-state index contributed by atoms with van der Waals surface area (Å²) in [6, 6.07) is 9.88. The predicted octanol–water partition coefficient (Wildman–Crippen LogP) is 3.49. The summed E-state index contributed by atoms with van der Waals surface area (Å²) >= 11 is 0. The number of rotatable bonds is 5. The Bertz CT molecular complexity index is 519. The van der Waals surface area contributed by atoms with Gasteiger partial charge in [0.1, 0.15) is 11.6 Å². The predicted molar refractivity (Wildman–Crippen MR) is 82.0 cm³/mol. The molecule has 106 valence electrons. The first-order valence-corrected chi connectivity index (χ1v) is 6.94. The van der Waals surface area contributed by atoms with E-state index in [1.807, 2.05) is 44.2 Å². The number of hydrogen-bond donors (Lipinski definition) is 1. The topological polar surface area (TPSA) is 52.9 Å². The lowest BCUT2D eigenvalue weighted by atomic mass is 10.0. The first-order valence-electron chi connectivity index (χ1n) is 6.94. The second-order valence-electron chi connectivity index (χ2n) is 5.60. The Balaban J connectivity index is 2.83. The molecule has 0 aliphatic carbocycles. The molecule has 1 rings (SSSR count). The van der Waals surface area contributed by atoms with Gasteiger partial charge >= 0.3 is 0 Å². The van der Waals surface area contributed by atoms with Crippen molar-refractivity contribution in [3.8, 4) is 6.07 Å². The van der Waals surface area contributed by atoms with Crippen LogP contribution in [-0.2, 0) is 4.79 Å². The van der Waals surface area contributed by atoms with Crippen LogP contribution in [0.25, 0.3) is 6.08 Å². The Kier molecular flexibility index (Phi) is 5.99. The van der Waals surface area contributed by atoms with Gasteiger partial charge in [-0.1, -0.05) is 52.0 Å². The fourth-order valence-corrected chi connectivity index (χ4v) is 1.68. The molecule has 0 fully saturated rings. The van der Waals surface area contributed by atoms with Gasteiger partial charge in [0.25, 0.3) is 5.91 Å². The summed E-state index contributed by atoms with van der Waals surface area (Å²) in [6.45, 7) is 8.86. The van der Waals surface area contributed by atoms with E-state index >= 15 is 0 Å². The summed E-state index contributed by atoms with van der Waals surface area (Å²) in [5.74, 6) is 0.524. The minimum Gasteiger partial charge on any atom is -0.351 e. The number of nitrogens with zero attached hydrogens (tertiary/aromatic N) is 1. The van der Waals surface area contributed by atoms with E-state index in [-0.39, 0.29) is 11.5 Å². The number of carbonyl (C=O) groups is 1. The third-order valence-electron chi connectivity index (χ3n) is 2.95. The summed E-state index contributed by atoms with van der Waals surface area (Å²) in [5, 5.41) is 11.8. The van der Waals surface area contributed by atoms with Crippen molar-refractivity contribution in [3.63, 3.8) is 0 Å². The molecular formula is C17H22N2O. The van der Waals surface area contributed by atoms with Crippen LogP contribution in [0.3, 0.4) is 0 Å². The van der Waals surface area contributed by atoms with E-state index in [0.29, 0.717) is 18.4 Å². The summed E-state index contributed by atoms with van der Waals surface area (Å²) in [6.07, 6.45) is 1.62. The lowest BCUT2D eigenvalue weighted by molar-refractivity contribution is -0.117. The Morgan fingerprint density at radius 1 is 1.25 bits per heavy atom. The molecule has 0 aromatic heterocycles. The molecule has 3 heteroatoms. The van der Waals surface area contributed by atoms with Crippen LogP contribution in [0.2, 0.25) is 0 Å². The van der Waals surface area contributed by atoms with Gasteiger partial charge in [-0.05, 0) is 29.0 Å². The molecular weight excluding hydrogens is 248 g/mol. The zero-order chi connectivity index (χ0) is 15.1. The van der Waals surface area contributed by atoms with Crippen molar-refractivity contribution in [1.29, 1.82) is 5.26 Å². The molecule has 0 saturated heterocycles. The first kappa shape index (κ1) is 16.0. The minimum atomic E-state index is -0.311. The number of amides is 1. The van der Waals surface area contributed by atoms with Crippen molar-refractivity contribution in [2.24, 2.45) is 5.92 Å². The van der Waals surface area contributed by atoms with Gasteiger partial charge < -0.3 is 5.32 Å². The molecule has 0 atom stereocenters. The molecule has 0 spiro atoms. The van der Waals surface area contributed by atoms with Crippen LogP contribution in [-0.4, -0.2) is 12.5 Å². The lowest BCUT2D eigenvalue weighted by Gasteiger charge is -2.07. The van der Waals surface area contributed by atoms with Crippen molar-refractivity contribution in [1.82, 2.24) is 5.32 Å². The quantitative estimate of drug-likeness (QED) is 0.657. The van der Waals surface area contributed by atoms with E-state index in [9.17, 15) is 4.79 Å². The monoisotopic (exact) mass is 270 g/mol. The van der Waals surface area contributed by atoms with E-state index in [1.54, 1.807) is 6.08 Å². The molecule has 0 radical (unpaired) electrons. The highest BCUT2D eigenvalue weighted by Gasteiger charge is 2.09. The maximum atomic E-state index is 11.9. The molecule has 1 aromatic rings. The van der Waals surface area contributed by atoms with E-state index < -0.39 is 0 Å². The molecule has 1 aromatic carbocycles. The lowest BCUT2D eigenvalue weighted by Crippen LogP contribution is -2.28. The number of nitrogens with one attached hydrogen (secondary N) is 1. The Morgan fingerprint density at radius 2 is 1.85 bits per heavy atom. The molecule has 0 heterocycles. The molecule has 20 heavy (non-hydrogen) atoms. The zero-order valence-electron chi connectivity index (χ0n) is 12.6. The fraction of sp³-hybridized carbons (Fsp3) is 0.412. The summed E-state index contributed by atoms with van der Waals surface area (Å²) in [7, 11) is 0. The average Bonchev–Trinajstić information content (AvgIpc) is 2.42. The average molecular weight is 270 g/mol. The van der Waals surface area contributed by atoms with Crippen molar-refractivity contribution >= 4 is 12.0 Å². The first-order chi connectivity index (χ1) is 9.43. The normalized spacial score (nSPS) is 11.6. The van der Waals surface area contributed by atoms with E-state index in [2.05, 4.69) is 19.2 Å². The highest BCUT2D eigenvalue weighted by atomic mass is 16.1. The SMILES string of the molecule is CC(C)CNC(=O)/C(C#N)=C/c1ccc(C(C)C)cc1. The fourth-order valence-electron chi connectivity index (χ4n) is 1.68. The Hall–Kier alpha value is -2.08. The summed E-state index contributed by atoms with van der Waals surface area (Å²) < 4.78 is 0. The van der Waals surface area contributed by atoms with Crippen LogP contribution in [0.15, 0.2) is 29.8 Å². The molecule has 1 amide bonds. The highest BCUT2D eigenvalue weighted by Crippen LogP contribution is 2.16. The Labute approximate surface area is 121 Å². The molecule has 0 saturated carbocycles. The van der Waals surface area contributed by atoms with Crippen molar-refractivity contribution in [2.45, 2.75) is 33.6 Å². The number of nitriles is 1. The minimum absolute atomic E-state index is 0.142. The molecule has 0 bridgehead atoms. The van der Waals surface area contributed by atoms with Crippen molar-refractivity contribution in [2.75, 3.05) is 6.54 Å². The second-order valence-corrected chi connectivity index (χ2v) is 5.60. The van der Waals surface area contributed by atoms with Crippen LogP contribution in [0.4, 0.5) is 0 Å². The smallest absolute Gasteiger partial charge is 0.261 e. The van der Waals surface area contributed by atoms with Gasteiger partial charge in [-0.15, -0.1) is 0 Å². The van der Waals surface area contributed by atoms with Gasteiger partial charge in [-0.3, -0.25) is 4.79 Å². The van der Waals surface area contributed by atoms with Crippen molar-refractivity contribution in [3.05, 3.63) is 41.0 Å². The number of benzene rings is 1. The highest BCUT2D eigenvalue weighted by molar-refractivity contribution is 6.01. The number of carbonyl (C=O) groups excluding carboxylic acids is 1. The molecule has 3 nitrogen and oxygen atoms in total. The van der Waals surface area contributed by atoms with E-state index in [4.69, 9.17) is 5.26 Å². The van der Waals surface area contributed by atoms with Gasteiger partial charge in [-0.2, -0.15) is 5.26 Å². The molecule has 0 unspecified atom stereocenters. The maximum Gasteiger partial charge on any atom is 0.261 e. The third kappa shape index (κ3) is 4.89. The second kappa shape index (κ2) is 7.49. The van der Waals surface area contributed by atoms with Crippen LogP contribution in [0, 0.1) is 17.2 Å². The maximum absolute atomic E-state index is 11.9. The molecule has 0 aliphatic rings. The zero-order valence-corrected chi connectivity index (χ0v) is 12.6. The van der Waals surface area contributed by atoms with Crippen LogP contribution in [0.1, 0.15) is 44.7 Å². The van der Waals surface area contributed by atoms with Crippen LogP contribution >= 0.6 is 0 Å². The van der Waals surface area contributed by atoms with Crippen molar-refractivity contribution < 1.29 is 4.79 Å². The standard InChI is InChI=1S/C17H22N2O/c1-12(2)11-19-17(20)16(10-18)9-14-5-7-15(8-6-14)13(3)4/h5-9,12-13H,11H2,1-4H3,(H,19,20)/b16-9+. The van der Waals surface area contributed by atoms with Crippen LogP contribution < -0.4 is 5.32 Å². The summed E-state index contributed by atoms with van der Waals surface area (Å²) in [4.78, 5) is 11.9. The van der Waals surface area contributed by atoms with Gasteiger partial charge in [0, 0.05) is 6.54 Å². The van der Waals surface area contributed by atoms with Gasteiger partial charge in [0.05, 0.1) is 0 Å². The summed E-state index contributed by atoms with van der Waals surface area (Å²) in [5.41, 5.74) is 2.25. The third-order valence-corrected chi connectivity index (χ3v) is 2.95. The van der Waals surface area contributed by atoms with E-state index in [1.165, 1.54) is 5.56 Å². The Morgan fingerprint density at radius 3 is 2.30 bits per heavy atom. The molecule has 0 aliphatic heterocycles. The van der Waals surface area contributed by atoms with Gasteiger partial charge in [0.15, 0.2) is 0 Å².